The number of rotatable bonds is 3. The van der Waals surface area contributed by atoms with Gasteiger partial charge in [0.2, 0.25) is 0 Å². The summed E-state index contributed by atoms with van der Waals surface area (Å²) in [4.78, 5) is 20.9. The molecule has 0 aliphatic carbocycles. The van der Waals surface area contributed by atoms with E-state index in [9.17, 15) is 4.79 Å². The third kappa shape index (κ3) is 3.98. The summed E-state index contributed by atoms with van der Waals surface area (Å²) in [5.74, 6) is 0.453. The van der Waals surface area contributed by atoms with Gasteiger partial charge in [-0.1, -0.05) is 23.5 Å². The lowest BCUT2D eigenvalue weighted by Crippen LogP contribution is -2.36. The van der Waals surface area contributed by atoms with Crippen LogP contribution in [-0.2, 0) is 4.74 Å². The zero-order valence-electron chi connectivity index (χ0n) is 14.8. The minimum absolute atomic E-state index is 0.201. The van der Waals surface area contributed by atoms with Crippen LogP contribution in [0.1, 0.15) is 27.2 Å². The number of hydrogen-bond donors (Lipinski definition) is 0. The van der Waals surface area contributed by atoms with Crippen LogP contribution in [0.5, 0.6) is 0 Å². The van der Waals surface area contributed by atoms with Crippen molar-refractivity contribution >= 4 is 32.8 Å². The molecular weight excluding hydrogens is 322 g/mol. The molecule has 0 saturated carbocycles. The predicted molar refractivity (Wildman–Crippen MR) is 98.8 cm³/mol. The second kappa shape index (κ2) is 6.59. The summed E-state index contributed by atoms with van der Waals surface area (Å²) < 4.78 is 6.67. The van der Waals surface area contributed by atoms with Gasteiger partial charge >= 0.3 is 6.09 Å². The van der Waals surface area contributed by atoms with E-state index >= 15 is 0 Å². The summed E-state index contributed by atoms with van der Waals surface area (Å²) >= 11 is 1.71. The Morgan fingerprint density at radius 2 is 2.17 bits per heavy atom. The Labute approximate surface area is 147 Å². The van der Waals surface area contributed by atoms with E-state index in [1.54, 1.807) is 11.3 Å². The molecule has 1 aromatic heterocycles. The van der Waals surface area contributed by atoms with E-state index < -0.39 is 5.60 Å². The minimum atomic E-state index is -0.438. The molecule has 0 bridgehead atoms. The number of carbonyl (C=O) groups is 1. The summed E-state index contributed by atoms with van der Waals surface area (Å²) in [5, 5.41) is 1.03. The molecule has 1 amide bonds. The van der Waals surface area contributed by atoms with E-state index in [0.29, 0.717) is 5.92 Å². The summed E-state index contributed by atoms with van der Waals surface area (Å²) in [6.07, 6.45) is 0.807. The maximum absolute atomic E-state index is 12.2. The lowest BCUT2D eigenvalue weighted by molar-refractivity contribution is 0.0288. The smallest absolute Gasteiger partial charge is 0.410 e. The van der Waals surface area contributed by atoms with Gasteiger partial charge in [-0.2, -0.15) is 0 Å². The molecule has 130 valence electrons. The quantitative estimate of drug-likeness (QED) is 0.842. The molecule has 1 saturated heterocycles. The van der Waals surface area contributed by atoms with Crippen LogP contribution in [0.25, 0.3) is 10.2 Å². The van der Waals surface area contributed by atoms with Gasteiger partial charge in [0.05, 0.1) is 10.2 Å². The average Bonchev–Trinajstić information content (AvgIpc) is 3.11. The number of hydrogen-bond acceptors (Lipinski definition) is 5. The normalized spacial score (nSPS) is 18.2. The molecule has 24 heavy (non-hydrogen) atoms. The first-order valence-electron chi connectivity index (χ1n) is 8.36. The first-order chi connectivity index (χ1) is 11.3. The predicted octanol–water partition coefficient (Wildman–Crippen LogP) is 3.99. The molecule has 1 aliphatic heterocycles. The molecule has 1 aliphatic rings. The van der Waals surface area contributed by atoms with Crippen molar-refractivity contribution in [2.45, 2.75) is 32.8 Å². The minimum Gasteiger partial charge on any atom is -0.444 e. The zero-order chi connectivity index (χ0) is 17.3. The number of amides is 1. The molecule has 1 aromatic carbocycles. The summed E-state index contributed by atoms with van der Waals surface area (Å²) in [6.45, 7) is 8.13. The SMILES string of the molecule is CN(C[C@@H]1CCN(C(=O)OC(C)(C)C)C1)c1nc2ccccc2s1. The average molecular weight is 347 g/mol. The number of para-hydroxylation sites is 1. The van der Waals surface area contributed by atoms with E-state index in [1.807, 2.05) is 43.9 Å². The first kappa shape index (κ1) is 17.0. The van der Waals surface area contributed by atoms with Crippen LogP contribution in [0.2, 0.25) is 0 Å². The highest BCUT2D eigenvalue weighted by molar-refractivity contribution is 7.22. The molecule has 1 fully saturated rings. The Kier molecular flexibility index (Phi) is 4.67. The Hall–Kier alpha value is -1.82. The number of fused-ring (bicyclic) bond motifs is 1. The fraction of sp³-hybridized carbons (Fsp3) is 0.556. The number of ether oxygens (including phenoxy) is 1. The van der Waals surface area contributed by atoms with Crippen LogP contribution in [0.4, 0.5) is 9.93 Å². The topological polar surface area (TPSA) is 45.7 Å². The number of benzene rings is 1. The Balaban J connectivity index is 1.57. The summed E-state index contributed by atoms with van der Waals surface area (Å²) in [6, 6.07) is 8.20. The van der Waals surface area contributed by atoms with Gasteiger partial charge in [0.25, 0.3) is 0 Å². The van der Waals surface area contributed by atoms with Gasteiger partial charge in [-0.15, -0.1) is 0 Å². The molecule has 3 rings (SSSR count). The fourth-order valence-electron chi connectivity index (χ4n) is 2.96. The Morgan fingerprint density at radius 1 is 1.42 bits per heavy atom. The van der Waals surface area contributed by atoms with Gasteiger partial charge in [0, 0.05) is 26.7 Å². The van der Waals surface area contributed by atoms with E-state index in [0.717, 1.165) is 36.7 Å². The highest BCUT2D eigenvalue weighted by Crippen LogP contribution is 2.29. The van der Waals surface area contributed by atoms with E-state index in [2.05, 4.69) is 18.0 Å². The van der Waals surface area contributed by atoms with Crippen molar-refractivity contribution in [3.8, 4) is 0 Å². The van der Waals surface area contributed by atoms with Crippen LogP contribution in [-0.4, -0.2) is 48.3 Å². The van der Waals surface area contributed by atoms with Crippen LogP contribution in [0, 0.1) is 5.92 Å². The third-order valence-electron chi connectivity index (χ3n) is 4.08. The van der Waals surface area contributed by atoms with Crippen molar-refractivity contribution in [2.24, 2.45) is 5.92 Å². The van der Waals surface area contributed by atoms with Crippen molar-refractivity contribution in [1.82, 2.24) is 9.88 Å². The molecule has 6 heteroatoms. The lowest BCUT2D eigenvalue weighted by atomic mass is 10.1. The molecule has 5 nitrogen and oxygen atoms in total. The number of likely N-dealkylation sites (tertiary alicyclic amines) is 1. The maximum Gasteiger partial charge on any atom is 0.410 e. The van der Waals surface area contributed by atoms with Gasteiger partial charge in [-0.25, -0.2) is 9.78 Å². The number of nitrogens with zero attached hydrogens (tertiary/aromatic N) is 3. The highest BCUT2D eigenvalue weighted by atomic mass is 32.1. The van der Waals surface area contributed by atoms with Crippen LogP contribution in [0.15, 0.2) is 24.3 Å². The van der Waals surface area contributed by atoms with Crippen LogP contribution in [0.3, 0.4) is 0 Å². The fourth-order valence-corrected chi connectivity index (χ4v) is 3.90. The molecule has 0 N–H and O–H groups in total. The second-order valence-corrected chi connectivity index (χ2v) is 8.43. The number of aromatic nitrogens is 1. The maximum atomic E-state index is 12.2. The Bertz CT molecular complexity index is 689. The van der Waals surface area contributed by atoms with E-state index in [-0.39, 0.29) is 6.09 Å². The molecule has 1 atom stereocenters. The van der Waals surface area contributed by atoms with Gasteiger partial charge in [-0.3, -0.25) is 0 Å². The Morgan fingerprint density at radius 3 is 2.88 bits per heavy atom. The molecule has 0 spiro atoms. The molecule has 0 unspecified atom stereocenters. The van der Waals surface area contributed by atoms with Crippen LogP contribution < -0.4 is 4.90 Å². The largest absolute Gasteiger partial charge is 0.444 e. The zero-order valence-corrected chi connectivity index (χ0v) is 15.6. The second-order valence-electron chi connectivity index (χ2n) is 7.43. The molecular formula is C18H25N3O2S. The van der Waals surface area contributed by atoms with Crippen molar-refractivity contribution in [3.63, 3.8) is 0 Å². The van der Waals surface area contributed by atoms with Crippen molar-refractivity contribution < 1.29 is 9.53 Å². The number of carbonyl (C=O) groups excluding carboxylic acids is 1. The molecule has 2 heterocycles. The van der Waals surface area contributed by atoms with Gasteiger partial charge in [0.15, 0.2) is 5.13 Å². The summed E-state index contributed by atoms with van der Waals surface area (Å²) in [7, 11) is 2.08. The number of anilines is 1. The van der Waals surface area contributed by atoms with Gasteiger partial charge in [0.1, 0.15) is 5.60 Å². The third-order valence-corrected chi connectivity index (χ3v) is 5.23. The first-order valence-corrected chi connectivity index (χ1v) is 9.18. The summed E-state index contributed by atoms with van der Waals surface area (Å²) in [5.41, 5.74) is 0.610. The van der Waals surface area contributed by atoms with Gasteiger partial charge < -0.3 is 14.5 Å². The van der Waals surface area contributed by atoms with Crippen molar-refractivity contribution in [3.05, 3.63) is 24.3 Å². The van der Waals surface area contributed by atoms with Gasteiger partial charge in [-0.05, 0) is 45.2 Å². The highest BCUT2D eigenvalue weighted by Gasteiger charge is 2.30. The van der Waals surface area contributed by atoms with Crippen LogP contribution >= 0.6 is 11.3 Å². The molecule has 0 radical (unpaired) electrons. The number of thiazole rings is 1. The monoisotopic (exact) mass is 347 g/mol. The molecule has 2 aromatic rings. The van der Waals surface area contributed by atoms with Crippen molar-refractivity contribution in [1.29, 1.82) is 0 Å². The van der Waals surface area contributed by atoms with E-state index in [1.165, 1.54) is 4.70 Å². The standard InChI is InChI=1S/C18H25N3O2S/c1-18(2,3)23-17(22)21-10-9-13(12-21)11-20(4)16-19-14-7-5-6-8-15(14)24-16/h5-8,13H,9-12H2,1-4H3/t13-/m0/s1. The lowest BCUT2D eigenvalue weighted by Gasteiger charge is -2.25. The van der Waals surface area contributed by atoms with E-state index in [4.69, 9.17) is 9.72 Å². The van der Waals surface area contributed by atoms with Crippen molar-refractivity contribution in [2.75, 3.05) is 31.6 Å².